The molecular formula is C33H36N2O7S. The Morgan fingerprint density at radius 3 is 2.37 bits per heavy atom. The van der Waals surface area contributed by atoms with Crippen molar-refractivity contribution in [2.24, 2.45) is 0 Å². The van der Waals surface area contributed by atoms with E-state index in [2.05, 4.69) is 4.72 Å². The van der Waals surface area contributed by atoms with Gasteiger partial charge in [-0.1, -0.05) is 66.7 Å². The molecule has 4 atom stereocenters. The molecule has 0 amide bonds. The smallest absolute Gasteiger partial charge is 0.261 e. The van der Waals surface area contributed by atoms with Crippen molar-refractivity contribution in [1.82, 2.24) is 4.90 Å². The second-order valence-corrected chi connectivity index (χ2v) is 12.4. The van der Waals surface area contributed by atoms with Crippen LogP contribution >= 0.6 is 0 Å². The minimum atomic E-state index is -3.78. The fourth-order valence-electron chi connectivity index (χ4n) is 5.15. The van der Waals surface area contributed by atoms with E-state index in [0.717, 1.165) is 11.1 Å². The Morgan fingerprint density at radius 2 is 1.65 bits per heavy atom. The zero-order chi connectivity index (χ0) is 30.4. The Hall–Kier alpha value is -3.77. The van der Waals surface area contributed by atoms with E-state index < -0.39 is 22.4 Å². The highest BCUT2D eigenvalue weighted by molar-refractivity contribution is 7.92. The van der Waals surface area contributed by atoms with Gasteiger partial charge in [-0.05, 0) is 60.1 Å². The Bertz CT molecular complexity index is 1600. The van der Waals surface area contributed by atoms with Crippen LogP contribution in [0.25, 0.3) is 0 Å². The van der Waals surface area contributed by atoms with Gasteiger partial charge in [-0.3, -0.25) is 4.72 Å². The Morgan fingerprint density at radius 1 is 0.907 bits per heavy atom. The SMILES string of the molecule is CN(C[C@@H]1C[C@H](c2ccc(CO)cc2)OC(c2cccc(NS(=O)(=O)c3ccccc3)c2)O1)C[C@@H](O)c1cccc(O)c1. The summed E-state index contributed by atoms with van der Waals surface area (Å²) in [5, 5.41) is 30.0. The Kier molecular flexibility index (Phi) is 9.76. The third-order valence-corrected chi connectivity index (χ3v) is 8.73. The summed E-state index contributed by atoms with van der Waals surface area (Å²) >= 11 is 0. The maximum atomic E-state index is 12.9. The topological polar surface area (TPSA) is 129 Å². The molecule has 0 radical (unpaired) electrons. The van der Waals surface area contributed by atoms with Crippen LogP contribution in [0.15, 0.2) is 108 Å². The highest BCUT2D eigenvalue weighted by Gasteiger charge is 2.33. The van der Waals surface area contributed by atoms with Gasteiger partial charge in [0, 0.05) is 30.8 Å². The first-order valence-electron chi connectivity index (χ1n) is 14.0. The van der Waals surface area contributed by atoms with E-state index >= 15 is 0 Å². The molecule has 1 fully saturated rings. The molecular weight excluding hydrogens is 568 g/mol. The lowest BCUT2D eigenvalue weighted by molar-refractivity contribution is -0.252. The predicted molar refractivity (Wildman–Crippen MR) is 163 cm³/mol. The van der Waals surface area contributed by atoms with Gasteiger partial charge < -0.3 is 29.7 Å². The number of phenols is 1. The molecule has 0 aromatic heterocycles. The summed E-state index contributed by atoms with van der Waals surface area (Å²) in [4.78, 5) is 2.13. The molecule has 5 rings (SSSR count). The quantitative estimate of drug-likeness (QED) is 0.190. The van der Waals surface area contributed by atoms with E-state index in [1.165, 1.54) is 12.1 Å². The molecule has 0 aliphatic carbocycles. The zero-order valence-corrected chi connectivity index (χ0v) is 24.6. The average Bonchev–Trinajstić information content (AvgIpc) is 3.01. The third-order valence-electron chi connectivity index (χ3n) is 7.33. The third kappa shape index (κ3) is 7.99. The van der Waals surface area contributed by atoms with Crippen LogP contribution in [-0.4, -0.2) is 54.9 Å². The van der Waals surface area contributed by atoms with E-state index in [9.17, 15) is 23.7 Å². The van der Waals surface area contributed by atoms with Crippen LogP contribution in [-0.2, 0) is 26.1 Å². The molecule has 4 N–H and O–H groups in total. The second-order valence-electron chi connectivity index (χ2n) is 10.7. The molecule has 1 aliphatic heterocycles. The van der Waals surface area contributed by atoms with Crippen molar-refractivity contribution in [3.63, 3.8) is 0 Å². The molecule has 0 bridgehead atoms. The largest absolute Gasteiger partial charge is 0.508 e. The van der Waals surface area contributed by atoms with Gasteiger partial charge in [-0.25, -0.2) is 8.42 Å². The van der Waals surface area contributed by atoms with Crippen LogP contribution in [0.4, 0.5) is 5.69 Å². The van der Waals surface area contributed by atoms with Crippen LogP contribution in [0.5, 0.6) is 5.75 Å². The maximum Gasteiger partial charge on any atom is 0.261 e. The van der Waals surface area contributed by atoms with E-state index in [4.69, 9.17) is 9.47 Å². The van der Waals surface area contributed by atoms with Crippen molar-refractivity contribution in [3.8, 4) is 5.75 Å². The summed E-state index contributed by atoms with van der Waals surface area (Å²) in [6, 6.07) is 29.2. The minimum Gasteiger partial charge on any atom is -0.508 e. The lowest BCUT2D eigenvalue weighted by Gasteiger charge is -2.38. The van der Waals surface area contributed by atoms with Gasteiger partial charge in [0.05, 0.1) is 29.8 Å². The van der Waals surface area contributed by atoms with Crippen molar-refractivity contribution in [2.45, 2.75) is 42.5 Å². The first kappa shape index (κ1) is 30.7. The number of aliphatic hydroxyl groups is 2. The molecule has 1 heterocycles. The molecule has 1 aliphatic rings. The summed E-state index contributed by atoms with van der Waals surface area (Å²) in [5.74, 6) is 0.0955. The number of hydrogen-bond donors (Lipinski definition) is 4. The van der Waals surface area contributed by atoms with Crippen molar-refractivity contribution >= 4 is 15.7 Å². The summed E-state index contributed by atoms with van der Waals surface area (Å²) in [5.41, 5.74) is 3.37. The number of likely N-dealkylation sites (N-methyl/N-ethyl adjacent to an activating group) is 1. The van der Waals surface area contributed by atoms with E-state index in [0.29, 0.717) is 36.3 Å². The monoisotopic (exact) mass is 604 g/mol. The number of aromatic hydroxyl groups is 1. The van der Waals surface area contributed by atoms with Crippen LogP contribution in [0.3, 0.4) is 0 Å². The lowest BCUT2D eigenvalue weighted by Crippen LogP contribution is -2.39. The Balaban J connectivity index is 1.35. The minimum absolute atomic E-state index is 0.0574. The zero-order valence-electron chi connectivity index (χ0n) is 23.8. The van der Waals surface area contributed by atoms with Gasteiger partial charge in [0.15, 0.2) is 6.29 Å². The fraction of sp³-hybridized carbons (Fsp3) is 0.273. The van der Waals surface area contributed by atoms with Gasteiger partial charge >= 0.3 is 0 Å². The van der Waals surface area contributed by atoms with Crippen LogP contribution in [0.1, 0.15) is 47.2 Å². The van der Waals surface area contributed by atoms with Crippen molar-refractivity contribution in [1.29, 1.82) is 0 Å². The molecule has 4 aromatic rings. The molecule has 0 spiro atoms. The summed E-state index contributed by atoms with van der Waals surface area (Å²) < 4.78 is 41.3. The van der Waals surface area contributed by atoms with Crippen molar-refractivity contribution in [3.05, 3.63) is 125 Å². The maximum absolute atomic E-state index is 12.9. The number of benzene rings is 4. The van der Waals surface area contributed by atoms with E-state index in [1.807, 2.05) is 42.3 Å². The van der Waals surface area contributed by atoms with Crippen LogP contribution in [0.2, 0.25) is 0 Å². The van der Waals surface area contributed by atoms with Gasteiger partial charge in [0.1, 0.15) is 5.75 Å². The number of nitrogens with one attached hydrogen (secondary N) is 1. The van der Waals surface area contributed by atoms with Gasteiger partial charge in [-0.15, -0.1) is 0 Å². The van der Waals surface area contributed by atoms with E-state index in [1.54, 1.807) is 60.7 Å². The number of rotatable bonds is 11. The standard InChI is InChI=1S/C33H36N2O7S/c1-35(21-31(38)25-7-6-10-28(37)18-25)20-29-19-32(24-15-13-23(22-36)14-16-24)42-33(41-29)26-8-5-9-27(17-26)34-43(39,40)30-11-3-2-4-12-30/h2-18,29,31-34,36-38H,19-22H2,1H3/t29-,31+,32+,33?/m0/s1. The van der Waals surface area contributed by atoms with Crippen molar-refractivity contribution < 1.29 is 33.2 Å². The highest BCUT2D eigenvalue weighted by atomic mass is 32.2. The highest BCUT2D eigenvalue weighted by Crippen LogP contribution is 2.39. The number of aliphatic hydroxyl groups excluding tert-OH is 2. The molecule has 10 heteroatoms. The summed E-state index contributed by atoms with van der Waals surface area (Å²) in [6.45, 7) is 0.751. The summed E-state index contributed by atoms with van der Waals surface area (Å²) in [7, 11) is -1.89. The molecule has 0 saturated carbocycles. The van der Waals surface area contributed by atoms with Gasteiger partial charge in [-0.2, -0.15) is 0 Å². The molecule has 4 aromatic carbocycles. The van der Waals surface area contributed by atoms with Gasteiger partial charge in [0.2, 0.25) is 0 Å². The molecule has 1 saturated heterocycles. The second kappa shape index (κ2) is 13.7. The van der Waals surface area contributed by atoms with E-state index in [-0.39, 0.29) is 29.5 Å². The first-order chi connectivity index (χ1) is 20.7. The molecule has 43 heavy (non-hydrogen) atoms. The van der Waals surface area contributed by atoms with Crippen LogP contribution < -0.4 is 4.72 Å². The normalized spacial score (nSPS) is 19.7. The first-order valence-corrected chi connectivity index (χ1v) is 15.5. The molecule has 9 nitrogen and oxygen atoms in total. The van der Waals surface area contributed by atoms with Crippen LogP contribution in [0, 0.1) is 0 Å². The van der Waals surface area contributed by atoms with Gasteiger partial charge in [0.25, 0.3) is 10.0 Å². The fourth-order valence-corrected chi connectivity index (χ4v) is 6.22. The molecule has 1 unspecified atom stereocenters. The number of ether oxygens (including phenoxy) is 2. The predicted octanol–water partition coefficient (Wildman–Crippen LogP) is 4.90. The number of anilines is 1. The number of nitrogens with zero attached hydrogens (tertiary/aromatic N) is 1. The lowest BCUT2D eigenvalue weighted by atomic mass is 9.99. The number of hydrogen-bond acceptors (Lipinski definition) is 8. The Labute approximate surface area is 252 Å². The molecule has 226 valence electrons. The summed E-state index contributed by atoms with van der Waals surface area (Å²) in [6.07, 6.45) is -1.66. The number of sulfonamides is 1. The van der Waals surface area contributed by atoms with Crippen molar-refractivity contribution in [2.75, 3.05) is 24.9 Å². The number of phenolic OH excluding ortho intramolecular Hbond substituents is 1. The average molecular weight is 605 g/mol.